The number of hydrogen-bond donors (Lipinski definition) is 0. The molecule has 0 unspecified atom stereocenters. The Kier molecular flexibility index (Phi) is 6.06. The highest BCUT2D eigenvalue weighted by Gasteiger charge is 2.18. The van der Waals surface area contributed by atoms with Crippen molar-refractivity contribution in [3.05, 3.63) is 59.7 Å². The Balaban J connectivity index is 2.25. The Morgan fingerprint density at radius 3 is 2.12 bits per heavy atom. The number of ether oxygens (including phenoxy) is 2. The maximum Gasteiger partial charge on any atom is 0.347 e. The lowest BCUT2D eigenvalue weighted by atomic mass is 10.0. The molecule has 25 heavy (non-hydrogen) atoms. The lowest BCUT2D eigenvalue weighted by Gasteiger charge is -2.12. The smallest absolute Gasteiger partial charge is 0.347 e. The minimum Gasteiger partial charge on any atom is -0.426 e. The summed E-state index contributed by atoms with van der Waals surface area (Å²) in [6.07, 6.45) is 0.187. The first-order chi connectivity index (χ1) is 11.9. The molecule has 0 amide bonds. The molecule has 0 aliphatic heterocycles. The van der Waals surface area contributed by atoms with Crippen molar-refractivity contribution in [2.24, 2.45) is 5.92 Å². The van der Waals surface area contributed by atoms with Crippen LogP contribution in [0, 0.1) is 5.92 Å². The standard InChI is InChI=1S/C20H20O5/c1-13(2)17(22)12-15-8-4-6-10-18(15)25-20(23)16-9-5-7-11-19(16)24-14(3)21/h4-11,13H,12H2,1-3H3. The van der Waals surface area contributed by atoms with Crippen molar-refractivity contribution in [3.8, 4) is 11.5 Å². The van der Waals surface area contributed by atoms with E-state index in [9.17, 15) is 14.4 Å². The van der Waals surface area contributed by atoms with Crippen molar-refractivity contribution in [1.82, 2.24) is 0 Å². The number of carbonyl (C=O) groups excluding carboxylic acids is 3. The van der Waals surface area contributed by atoms with Gasteiger partial charge in [-0.2, -0.15) is 0 Å². The summed E-state index contributed by atoms with van der Waals surface area (Å²) in [5.41, 5.74) is 0.780. The second kappa shape index (κ2) is 8.24. The summed E-state index contributed by atoms with van der Waals surface area (Å²) < 4.78 is 10.5. The zero-order chi connectivity index (χ0) is 18.4. The highest BCUT2D eigenvalue weighted by molar-refractivity contribution is 5.95. The van der Waals surface area contributed by atoms with Gasteiger partial charge < -0.3 is 9.47 Å². The van der Waals surface area contributed by atoms with Crippen LogP contribution in [0.4, 0.5) is 0 Å². The van der Waals surface area contributed by atoms with Crippen LogP contribution in [0.3, 0.4) is 0 Å². The lowest BCUT2D eigenvalue weighted by Crippen LogP contribution is -2.15. The fourth-order valence-corrected chi connectivity index (χ4v) is 2.18. The second-order valence-electron chi connectivity index (χ2n) is 5.88. The second-order valence-corrected chi connectivity index (χ2v) is 5.88. The van der Waals surface area contributed by atoms with Crippen LogP contribution in [-0.4, -0.2) is 17.7 Å². The maximum atomic E-state index is 12.5. The molecule has 0 spiro atoms. The number of hydrogen-bond acceptors (Lipinski definition) is 5. The van der Waals surface area contributed by atoms with Crippen LogP contribution in [-0.2, 0) is 16.0 Å². The lowest BCUT2D eigenvalue weighted by molar-refractivity contribution is -0.131. The Hall–Kier alpha value is -2.95. The Morgan fingerprint density at radius 2 is 1.48 bits per heavy atom. The van der Waals surface area contributed by atoms with Gasteiger partial charge in [0.25, 0.3) is 0 Å². The van der Waals surface area contributed by atoms with Gasteiger partial charge in [0, 0.05) is 24.8 Å². The number of carbonyl (C=O) groups is 3. The molecule has 5 heteroatoms. The average molecular weight is 340 g/mol. The summed E-state index contributed by atoms with van der Waals surface area (Å²) in [6.45, 7) is 4.91. The van der Waals surface area contributed by atoms with E-state index in [1.807, 2.05) is 13.8 Å². The fourth-order valence-electron chi connectivity index (χ4n) is 2.18. The van der Waals surface area contributed by atoms with Crippen molar-refractivity contribution in [2.45, 2.75) is 27.2 Å². The van der Waals surface area contributed by atoms with Crippen molar-refractivity contribution in [1.29, 1.82) is 0 Å². The fraction of sp³-hybridized carbons (Fsp3) is 0.250. The average Bonchev–Trinajstić information content (AvgIpc) is 2.56. The summed E-state index contributed by atoms with van der Waals surface area (Å²) in [4.78, 5) is 35.7. The summed E-state index contributed by atoms with van der Waals surface area (Å²) >= 11 is 0. The monoisotopic (exact) mass is 340 g/mol. The van der Waals surface area contributed by atoms with Gasteiger partial charge in [0.05, 0.1) is 0 Å². The van der Waals surface area contributed by atoms with Crippen LogP contribution in [0.2, 0.25) is 0 Å². The van der Waals surface area contributed by atoms with Crippen molar-refractivity contribution >= 4 is 17.7 Å². The van der Waals surface area contributed by atoms with Crippen LogP contribution in [0.15, 0.2) is 48.5 Å². The molecule has 0 bridgehead atoms. The van der Waals surface area contributed by atoms with Crippen LogP contribution in [0.25, 0.3) is 0 Å². The third-order valence-corrected chi connectivity index (χ3v) is 3.54. The van der Waals surface area contributed by atoms with E-state index in [0.29, 0.717) is 11.3 Å². The van der Waals surface area contributed by atoms with E-state index in [0.717, 1.165) is 0 Å². The van der Waals surface area contributed by atoms with E-state index in [1.54, 1.807) is 36.4 Å². The van der Waals surface area contributed by atoms with Crippen molar-refractivity contribution < 1.29 is 23.9 Å². The van der Waals surface area contributed by atoms with Gasteiger partial charge >= 0.3 is 11.9 Å². The molecule has 0 fully saturated rings. The molecule has 0 saturated carbocycles. The van der Waals surface area contributed by atoms with E-state index in [-0.39, 0.29) is 29.4 Å². The molecule has 0 saturated heterocycles. The first kappa shape index (κ1) is 18.4. The summed E-state index contributed by atoms with van der Waals surface area (Å²) in [7, 11) is 0. The molecule has 0 aromatic heterocycles. The normalized spacial score (nSPS) is 10.4. The van der Waals surface area contributed by atoms with Gasteiger partial charge in [-0.15, -0.1) is 0 Å². The van der Waals surface area contributed by atoms with E-state index in [1.165, 1.54) is 19.1 Å². The number of esters is 2. The van der Waals surface area contributed by atoms with Crippen LogP contribution >= 0.6 is 0 Å². The van der Waals surface area contributed by atoms with Crippen LogP contribution in [0.1, 0.15) is 36.7 Å². The minimum absolute atomic E-state index is 0.0591. The zero-order valence-electron chi connectivity index (χ0n) is 14.4. The predicted molar refractivity (Wildman–Crippen MR) is 92.7 cm³/mol. The highest BCUT2D eigenvalue weighted by atomic mass is 16.5. The molecule has 0 aliphatic rings. The largest absolute Gasteiger partial charge is 0.426 e. The van der Waals surface area contributed by atoms with E-state index in [4.69, 9.17) is 9.47 Å². The molecular formula is C20H20O5. The third kappa shape index (κ3) is 5.01. The van der Waals surface area contributed by atoms with Crippen molar-refractivity contribution in [3.63, 3.8) is 0 Å². The molecule has 130 valence electrons. The van der Waals surface area contributed by atoms with Crippen molar-refractivity contribution in [2.75, 3.05) is 0 Å². The van der Waals surface area contributed by atoms with Gasteiger partial charge in [-0.1, -0.05) is 44.2 Å². The first-order valence-electron chi connectivity index (χ1n) is 7.98. The molecule has 0 atom stereocenters. The topological polar surface area (TPSA) is 69.7 Å². The molecule has 2 rings (SSSR count). The van der Waals surface area contributed by atoms with E-state index < -0.39 is 11.9 Å². The Labute approximate surface area is 146 Å². The Bertz CT molecular complexity index is 792. The number of Topliss-reactive ketones (excluding diaryl/α,β-unsaturated/α-hetero) is 1. The molecule has 2 aromatic carbocycles. The summed E-state index contributed by atoms with van der Waals surface area (Å²) in [6, 6.07) is 13.2. The van der Waals surface area contributed by atoms with E-state index in [2.05, 4.69) is 0 Å². The number of rotatable bonds is 6. The van der Waals surface area contributed by atoms with Gasteiger partial charge in [0.15, 0.2) is 0 Å². The van der Waals surface area contributed by atoms with Crippen LogP contribution < -0.4 is 9.47 Å². The maximum absolute atomic E-state index is 12.5. The predicted octanol–water partition coefficient (Wildman–Crippen LogP) is 3.60. The first-order valence-corrected chi connectivity index (χ1v) is 7.98. The molecule has 0 radical (unpaired) electrons. The van der Waals surface area contributed by atoms with Gasteiger partial charge in [0.1, 0.15) is 22.8 Å². The third-order valence-electron chi connectivity index (χ3n) is 3.54. The Morgan fingerprint density at radius 1 is 0.880 bits per heavy atom. The highest BCUT2D eigenvalue weighted by Crippen LogP contribution is 2.24. The summed E-state index contributed by atoms with van der Waals surface area (Å²) in [5, 5.41) is 0. The van der Waals surface area contributed by atoms with E-state index >= 15 is 0 Å². The molecule has 5 nitrogen and oxygen atoms in total. The number of para-hydroxylation sites is 2. The SMILES string of the molecule is CC(=O)Oc1ccccc1C(=O)Oc1ccccc1CC(=O)C(C)C. The molecular weight excluding hydrogens is 320 g/mol. The molecule has 2 aromatic rings. The van der Waals surface area contributed by atoms with Crippen LogP contribution in [0.5, 0.6) is 11.5 Å². The van der Waals surface area contributed by atoms with Gasteiger partial charge in [-0.25, -0.2) is 4.79 Å². The van der Waals surface area contributed by atoms with Gasteiger partial charge in [-0.05, 0) is 18.2 Å². The number of benzene rings is 2. The number of ketones is 1. The summed E-state index contributed by atoms with van der Waals surface area (Å²) in [5.74, 6) is -0.767. The van der Waals surface area contributed by atoms with Gasteiger partial charge in [0.2, 0.25) is 0 Å². The molecule has 0 N–H and O–H groups in total. The zero-order valence-corrected chi connectivity index (χ0v) is 14.4. The minimum atomic E-state index is -0.652. The molecule has 0 aliphatic carbocycles. The van der Waals surface area contributed by atoms with Gasteiger partial charge in [-0.3, -0.25) is 9.59 Å². The quantitative estimate of drug-likeness (QED) is 0.593. The molecule has 0 heterocycles.